The summed E-state index contributed by atoms with van der Waals surface area (Å²) in [5, 5.41) is 0. The number of ether oxygens (including phenoxy) is 13. The van der Waals surface area contributed by atoms with Crippen LogP contribution in [0.1, 0.15) is 55.8 Å². The van der Waals surface area contributed by atoms with Crippen molar-refractivity contribution in [3.63, 3.8) is 0 Å². The second kappa shape index (κ2) is 18.6. The molecule has 4 aliphatic rings. The van der Waals surface area contributed by atoms with Gasteiger partial charge in [0.15, 0.2) is 43.4 Å². The summed E-state index contributed by atoms with van der Waals surface area (Å²) in [6, 6.07) is 9.67. The second-order valence-electron chi connectivity index (χ2n) is 14.0. The zero-order valence-electron chi connectivity index (χ0n) is 32.1. The van der Waals surface area contributed by atoms with E-state index >= 15 is 0 Å². The van der Waals surface area contributed by atoms with Gasteiger partial charge in [0.1, 0.15) is 29.8 Å². The van der Waals surface area contributed by atoms with E-state index in [0.717, 1.165) is 19.4 Å². The van der Waals surface area contributed by atoms with Crippen molar-refractivity contribution in [2.75, 3.05) is 73.2 Å². The van der Waals surface area contributed by atoms with E-state index in [2.05, 4.69) is 0 Å². The third kappa shape index (κ3) is 11.5. The number of aryl methyl sites for hydroxylation is 2. The number of hydrogen-bond donors (Lipinski definition) is 0. The van der Waals surface area contributed by atoms with Crippen molar-refractivity contribution < 1.29 is 71.2 Å². The molecule has 4 unspecified atom stereocenters. The minimum Gasteiger partial charge on any atom is -0.490 e. The zero-order chi connectivity index (χ0) is 39.0. The molecule has 0 aromatic heterocycles. The molecule has 56 heavy (non-hydrogen) atoms. The van der Waals surface area contributed by atoms with Crippen LogP contribution in [0.25, 0.3) is 0 Å². The van der Waals surface area contributed by atoms with Crippen molar-refractivity contribution >= 4 is 11.9 Å². The van der Waals surface area contributed by atoms with Crippen LogP contribution in [0.5, 0.6) is 34.5 Å². The van der Waals surface area contributed by atoms with Gasteiger partial charge in [-0.05, 0) is 99.2 Å². The number of hydrogen-bond acceptors (Lipinski definition) is 15. The SMILES string of the molecule is Cc1cc(C(=O)Oc2ccc(OC(=O)c3cc(C)c(OCOCC4CO4)c(OCOCC4CO4)c3)c(C)c2C)cc(OCCCC2CO2)c1OCOCC1CO1. The van der Waals surface area contributed by atoms with Gasteiger partial charge in [-0.25, -0.2) is 9.59 Å². The molecule has 7 rings (SSSR count). The molecule has 4 atom stereocenters. The Kier molecular flexibility index (Phi) is 13.2. The Hall–Kier alpha value is -4.48. The molecule has 3 aromatic carbocycles. The molecule has 4 heterocycles. The van der Waals surface area contributed by atoms with Crippen molar-refractivity contribution in [1.82, 2.24) is 0 Å². The Labute approximate surface area is 325 Å². The number of carbonyl (C=O) groups is 2. The Morgan fingerprint density at radius 2 is 0.964 bits per heavy atom. The van der Waals surface area contributed by atoms with E-state index in [-0.39, 0.29) is 55.9 Å². The number of epoxide rings is 4. The predicted molar refractivity (Wildman–Crippen MR) is 196 cm³/mol. The van der Waals surface area contributed by atoms with E-state index in [1.807, 2.05) is 6.92 Å². The lowest BCUT2D eigenvalue weighted by atomic mass is 10.1. The predicted octanol–water partition coefficient (Wildman–Crippen LogP) is 5.17. The number of benzene rings is 3. The largest absolute Gasteiger partial charge is 0.490 e. The van der Waals surface area contributed by atoms with Crippen LogP contribution in [0.3, 0.4) is 0 Å². The monoisotopic (exact) mass is 780 g/mol. The van der Waals surface area contributed by atoms with Gasteiger partial charge in [0.2, 0.25) is 0 Å². The third-order valence-electron chi connectivity index (χ3n) is 9.37. The quantitative estimate of drug-likeness (QED) is 0.0384. The summed E-state index contributed by atoms with van der Waals surface area (Å²) in [5.74, 6) is 1.02. The Bertz CT molecular complexity index is 1710. The van der Waals surface area contributed by atoms with E-state index in [9.17, 15) is 9.59 Å². The number of esters is 2. The molecule has 302 valence electrons. The lowest BCUT2D eigenvalue weighted by Crippen LogP contribution is -2.14. The van der Waals surface area contributed by atoms with Crippen molar-refractivity contribution in [1.29, 1.82) is 0 Å². The molecule has 0 spiro atoms. The molecule has 0 saturated carbocycles. The van der Waals surface area contributed by atoms with Gasteiger partial charge >= 0.3 is 11.9 Å². The zero-order valence-corrected chi connectivity index (χ0v) is 32.1. The first kappa shape index (κ1) is 39.7. The normalized spacial score (nSPS) is 20.2. The molecule has 0 radical (unpaired) electrons. The molecule has 0 aliphatic carbocycles. The lowest BCUT2D eigenvalue weighted by molar-refractivity contribution is -0.00677. The highest BCUT2D eigenvalue weighted by Gasteiger charge is 2.26. The van der Waals surface area contributed by atoms with E-state index in [1.54, 1.807) is 51.1 Å². The Morgan fingerprint density at radius 1 is 0.554 bits per heavy atom. The topological polar surface area (TPSA) is 167 Å². The van der Waals surface area contributed by atoms with Gasteiger partial charge < -0.3 is 61.6 Å². The Morgan fingerprint density at radius 3 is 1.39 bits per heavy atom. The fourth-order valence-electron chi connectivity index (χ4n) is 5.68. The highest BCUT2D eigenvalue weighted by atomic mass is 16.7. The fraction of sp³-hybridized carbons (Fsp3) is 0.512. The third-order valence-corrected chi connectivity index (χ3v) is 9.37. The van der Waals surface area contributed by atoms with Gasteiger partial charge in [-0.15, -0.1) is 0 Å². The van der Waals surface area contributed by atoms with Crippen molar-refractivity contribution in [3.8, 4) is 34.5 Å². The van der Waals surface area contributed by atoms with E-state index in [1.165, 1.54) is 6.07 Å². The molecule has 3 aromatic rings. The molecule has 4 fully saturated rings. The maximum atomic E-state index is 13.5. The summed E-state index contributed by atoms with van der Waals surface area (Å²) in [4.78, 5) is 27.1. The molecule has 0 amide bonds. The minimum atomic E-state index is -0.618. The maximum Gasteiger partial charge on any atom is 0.343 e. The van der Waals surface area contributed by atoms with Crippen LogP contribution in [0.4, 0.5) is 0 Å². The molecule has 0 bridgehead atoms. The summed E-state index contributed by atoms with van der Waals surface area (Å²) in [5.41, 5.74) is 3.07. The maximum absolute atomic E-state index is 13.5. The summed E-state index contributed by atoms with van der Waals surface area (Å²) in [7, 11) is 0. The highest BCUT2D eigenvalue weighted by Crippen LogP contribution is 2.37. The molecule has 15 nitrogen and oxygen atoms in total. The second-order valence-corrected chi connectivity index (χ2v) is 14.0. The van der Waals surface area contributed by atoms with Gasteiger partial charge in [0.25, 0.3) is 0 Å². The smallest absolute Gasteiger partial charge is 0.343 e. The summed E-state index contributed by atoms with van der Waals surface area (Å²) >= 11 is 0. The molecule has 4 saturated heterocycles. The van der Waals surface area contributed by atoms with Crippen LogP contribution < -0.4 is 28.4 Å². The van der Waals surface area contributed by atoms with Crippen LogP contribution in [0.2, 0.25) is 0 Å². The van der Waals surface area contributed by atoms with Crippen LogP contribution in [-0.4, -0.2) is 110 Å². The van der Waals surface area contributed by atoms with Crippen molar-refractivity contribution in [2.45, 2.75) is 65.0 Å². The summed E-state index contributed by atoms with van der Waals surface area (Å²) in [6.07, 6.45) is 2.24. The first-order valence-electron chi connectivity index (χ1n) is 18.8. The molecule has 0 N–H and O–H groups in total. The highest BCUT2D eigenvalue weighted by molar-refractivity contribution is 5.93. The fourth-order valence-corrected chi connectivity index (χ4v) is 5.68. The van der Waals surface area contributed by atoms with E-state index in [0.29, 0.717) is 103 Å². The van der Waals surface area contributed by atoms with Crippen LogP contribution in [0.15, 0.2) is 36.4 Å². The number of rotatable bonds is 24. The van der Waals surface area contributed by atoms with E-state index in [4.69, 9.17) is 61.6 Å². The minimum absolute atomic E-state index is 0.0121. The van der Waals surface area contributed by atoms with Crippen molar-refractivity contribution in [2.24, 2.45) is 0 Å². The Balaban J connectivity index is 1.00. The van der Waals surface area contributed by atoms with Gasteiger partial charge in [-0.1, -0.05) is 0 Å². The van der Waals surface area contributed by atoms with Gasteiger partial charge in [-0.2, -0.15) is 0 Å². The lowest BCUT2D eigenvalue weighted by Gasteiger charge is -2.18. The summed E-state index contributed by atoms with van der Waals surface area (Å²) in [6.45, 7) is 11.6. The molecular weight excluding hydrogens is 732 g/mol. The van der Waals surface area contributed by atoms with Crippen LogP contribution in [-0.2, 0) is 33.2 Å². The van der Waals surface area contributed by atoms with Gasteiger partial charge in [0.05, 0.1) is 70.1 Å². The average Bonchev–Trinajstić information content (AvgIpc) is 3.98. The van der Waals surface area contributed by atoms with Crippen molar-refractivity contribution in [3.05, 3.63) is 69.8 Å². The van der Waals surface area contributed by atoms with Gasteiger partial charge in [-0.3, -0.25) is 0 Å². The first-order chi connectivity index (χ1) is 27.2. The summed E-state index contributed by atoms with van der Waals surface area (Å²) < 4.78 is 73.0. The van der Waals surface area contributed by atoms with Crippen LogP contribution in [0, 0.1) is 27.7 Å². The van der Waals surface area contributed by atoms with Gasteiger partial charge in [0, 0.05) is 0 Å². The number of carbonyl (C=O) groups excluding carboxylic acids is 2. The molecule has 4 aliphatic heterocycles. The first-order valence-corrected chi connectivity index (χ1v) is 18.8. The standard InChI is InChI=1S/C41H48O15/c1-24-10-28(12-36(47-9-5-6-30-17-48-30)38(24)53-22-45-15-32-19-50-32)40(42)55-34-7-8-35(27(4)26(34)3)56-41(43)29-11-25(2)39(54-23-46-16-33-20-51-33)37(13-29)52-21-44-14-31-18-49-31/h7-8,10-13,30-33H,5-6,9,14-23H2,1-4H3. The van der Waals surface area contributed by atoms with E-state index < -0.39 is 11.9 Å². The average molecular weight is 781 g/mol. The molecular formula is C41H48O15. The van der Waals surface area contributed by atoms with Crippen LogP contribution >= 0.6 is 0 Å². The molecule has 15 heteroatoms.